The van der Waals surface area contributed by atoms with Gasteiger partial charge in [0.2, 0.25) is 0 Å². The van der Waals surface area contributed by atoms with E-state index in [1.54, 1.807) is 0 Å². The first kappa shape index (κ1) is 13.7. The van der Waals surface area contributed by atoms with Crippen LogP contribution in [0.4, 0.5) is 5.69 Å². The Kier molecular flexibility index (Phi) is 5.49. The summed E-state index contributed by atoms with van der Waals surface area (Å²) in [6.07, 6.45) is 1.07. The molecule has 0 spiro atoms. The minimum atomic E-state index is -0.832. The average molecular weight is 304 g/mol. The zero-order chi connectivity index (χ0) is 12.1. The molecule has 0 amide bonds. The average Bonchev–Trinajstić information content (AvgIpc) is 2.23. The Balaban J connectivity index is 2.70. The molecule has 0 aliphatic rings. The van der Waals surface area contributed by atoms with Gasteiger partial charge in [0, 0.05) is 32.3 Å². The van der Waals surface area contributed by atoms with Crippen molar-refractivity contribution in [1.82, 2.24) is 0 Å². The molecule has 0 fully saturated rings. The van der Waals surface area contributed by atoms with Gasteiger partial charge in [0.15, 0.2) is 0 Å². The van der Waals surface area contributed by atoms with Gasteiger partial charge in [0.25, 0.3) is 0 Å². The van der Waals surface area contributed by atoms with Gasteiger partial charge < -0.3 is 5.73 Å². The highest BCUT2D eigenvalue weighted by atomic mass is 79.9. The summed E-state index contributed by atoms with van der Waals surface area (Å²) in [7, 11) is -0.832. The Morgan fingerprint density at radius 3 is 2.75 bits per heavy atom. The molecule has 0 saturated heterocycles. The highest BCUT2D eigenvalue weighted by molar-refractivity contribution is 9.10. The summed E-state index contributed by atoms with van der Waals surface area (Å²) >= 11 is 3.44. The maximum atomic E-state index is 11.9. The zero-order valence-corrected chi connectivity index (χ0v) is 12.1. The molecule has 0 aliphatic carbocycles. The highest BCUT2D eigenvalue weighted by Gasteiger charge is 2.11. The van der Waals surface area contributed by atoms with E-state index in [0.29, 0.717) is 17.4 Å². The van der Waals surface area contributed by atoms with E-state index in [2.05, 4.69) is 29.8 Å². The number of benzene rings is 1. The molecule has 0 aliphatic heterocycles. The van der Waals surface area contributed by atoms with Gasteiger partial charge in [-0.15, -0.1) is 0 Å². The van der Waals surface area contributed by atoms with E-state index in [1.165, 1.54) is 0 Å². The Bertz CT molecular complexity index is 361. The van der Waals surface area contributed by atoms with Crippen molar-refractivity contribution in [2.24, 2.45) is 5.92 Å². The van der Waals surface area contributed by atoms with Crippen LogP contribution in [0.15, 0.2) is 22.7 Å². The molecular weight excluding hydrogens is 286 g/mol. The molecular formula is C12H18BrNOS. The number of nitrogen functional groups attached to an aromatic ring is 1. The van der Waals surface area contributed by atoms with Crippen molar-refractivity contribution in [2.45, 2.75) is 26.0 Å². The van der Waals surface area contributed by atoms with Crippen LogP contribution in [0.3, 0.4) is 0 Å². The third kappa shape index (κ3) is 3.91. The molecule has 2 N–H and O–H groups in total. The monoisotopic (exact) mass is 303 g/mol. The molecule has 1 rings (SSSR count). The summed E-state index contributed by atoms with van der Waals surface area (Å²) in [5.41, 5.74) is 7.55. The highest BCUT2D eigenvalue weighted by Crippen LogP contribution is 2.24. The van der Waals surface area contributed by atoms with E-state index < -0.39 is 10.8 Å². The van der Waals surface area contributed by atoms with Gasteiger partial charge in [-0.1, -0.05) is 42.3 Å². The molecule has 2 nitrogen and oxygen atoms in total. The summed E-state index contributed by atoms with van der Waals surface area (Å²) < 4.78 is 12.9. The van der Waals surface area contributed by atoms with E-state index in [0.717, 1.165) is 22.2 Å². The Morgan fingerprint density at radius 2 is 2.19 bits per heavy atom. The molecule has 0 radical (unpaired) electrons. The fourth-order valence-corrected chi connectivity index (χ4v) is 3.72. The van der Waals surface area contributed by atoms with E-state index >= 15 is 0 Å². The van der Waals surface area contributed by atoms with Crippen molar-refractivity contribution in [3.8, 4) is 0 Å². The number of rotatable bonds is 5. The Hall–Kier alpha value is -0.350. The van der Waals surface area contributed by atoms with Gasteiger partial charge >= 0.3 is 0 Å². The first-order chi connectivity index (χ1) is 7.54. The van der Waals surface area contributed by atoms with E-state index in [1.807, 2.05) is 18.2 Å². The van der Waals surface area contributed by atoms with Crippen LogP contribution >= 0.6 is 15.9 Å². The predicted molar refractivity (Wildman–Crippen MR) is 74.7 cm³/mol. The van der Waals surface area contributed by atoms with Crippen molar-refractivity contribution in [1.29, 1.82) is 0 Å². The Morgan fingerprint density at radius 1 is 1.50 bits per heavy atom. The number of nitrogens with two attached hydrogens (primary N) is 1. The molecule has 0 saturated carbocycles. The molecule has 16 heavy (non-hydrogen) atoms. The topological polar surface area (TPSA) is 43.1 Å². The molecule has 2 atom stereocenters. The van der Waals surface area contributed by atoms with Gasteiger partial charge in [-0.2, -0.15) is 0 Å². The summed E-state index contributed by atoms with van der Waals surface area (Å²) in [6, 6.07) is 5.67. The van der Waals surface area contributed by atoms with Crippen molar-refractivity contribution in [2.75, 3.05) is 11.5 Å². The van der Waals surface area contributed by atoms with E-state index in [9.17, 15) is 4.21 Å². The molecule has 4 heteroatoms. The molecule has 0 aromatic heterocycles. The zero-order valence-electron chi connectivity index (χ0n) is 9.70. The molecule has 1 aromatic rings. The van der Waals surface area contributed by atoms with Gasteiger partial charge in [-0.05, 0) is 18.1 Å². The number of halogens is 1. The van der Waals surface area contributed by atoms with Gasteiger partial charge in [-0.3, -0.25) is 4.21 Å². The fourth-order valence-electron chi connectivity index (χ4n) is 1.38. The second-order valence-electron chi connectivity index (χ2n) is 4.07. The minimum absolute atomic E-state index is 0.504. The van der Waals surface area contributed by atoms with Crippen molar-refractivity contribution >= 4 is 32.4 Å². The molecule has 90 valence electrons. The predicted octanol–water partition coefficient (Wildman–Crippen LogP) is 3.33. The number of anilines is 1. The second kappa shape index (κ2) is 6.40. The first-order valence-electron chi connectivity index (χ1n) is 5.42. The lowest BCUT2D eigenvalue weighted by molar-refractivity contribution is 0.615. The van der Waals surface area contributed by atoms with Crippen LogP contribution in [0.1, 0.15) is 25.8 Å². The maximum absolute atomic E-state index is 11.9. The largest absolute Gasteiger partial charge is 0.398 e. The Labute approximate surface area is 108 Å². The van der Waals surface area contributed by atoms with Crippen LogP contribution in [0.2, 0.25) is 0 Å². The summed E-state index contributed by atoms with van der Waals surface area (Å²) in [5.74, 6) is 1.79. The third-order valence-corrected chi connectivity index (χ3v) is 4.92. The second-order valence-corrected chi connectivity index (χ2v) is 6.43. The van der Waals surface area contributed by atoms with Crippen molar-refractivity contribution < 1.29 is 4.21 Å². The van der Waals surface area contributed by atoms with Crippen LogP contribution in [0, 0.1) is 5.92 Å². The lowest BCUT2D eigenvalue weighted by atomic mass is 10.2. The molecule has 0 bridgehead atoms. The number of hydrogen-bond acceptors (Lipinski definition) is 2. The fraction of sp³-hybridized carbons (Fsp3) is 0.500. The van der Waals surface area contributed by atoms with Crippen LogP contribution in [0.25, 0.3) is 0 Å². The van der Waals surface area contributed by atoms with Gasteiger partial charge in [-0.25, -0.2) is 0 Å². The molecule has 0 heterocycles. The summed E-state index contributed by atoms with van der Waals surface area (Å²) in [4.78, 5) is 0. The van der Waals surface area contributed by atoms with Crippen LogP contribution < -0.4 is 5.73 Å². The minimum Gasteiger partial charge on any atom is -0.398 e. The van der Waals surface area contributed by atoms with E-state index in [4.69, 9.17) is 5.73 Å². The van der Waals surface area contributed by atoms with E-state index in [-0.39, 0.29) is 0 Å². The lowest BCUT2D eigenvalue weighted by Gasteiger charge is -2.10. The molecule has 1 aromatic carbocycles. The van der Waals surface area contributed by atoms with Crippen LogP contribution in [-0.2, 0) is 16.6 Å². The summed E-state index contributed by atoms with van der Waals surface area (Å²) in [6.45, 7) is 4.25. The quantitative estimate of drug-likeness (QED) is 0.848. The van der Waals surface area contributed by atoms with Crippen LogP contribution in [-0.4, -0.2) is 9.96 Å². The first-order valence-corrected chi connectivity index (χ1v) is 7.70. The summed E-state index contributed by atoms with van der Waals surface area (Å²) in [5, 5.41) is 0. The normalized spacial score (nSPS) is 14.7. The SMILES string of the molecule is CCC(C)CS(=O)Cc1c(N)cccc1Br. The van der Waals surface area contributed by atoms with Crippen LogP contribution in [0.5, 0.6) is 0 Å². The van der Waals surface area contributed by atoms with Gasteiger partial charge in [0.1, 0.15) is 0 Å². The molecule has 2 unspecified atom stereocenters. The van der Waals surface area contributed by atoms with Gasteiger partial charge in [0.05, 0.1) is 5.75 Å². The van der Waals surface area contributed by atoms with Crippen molar-refractivity contribution in [3.63, 3.8) is 0 Å². The maximum Gasteiger partial charge on any atom is 0.0517 e. The third-order valence-electron chi connectivity index (χ3n) is 2.63. The standard InChI is InChI=1S/C12H18BrNOS/c1-3-9(2)7-16(15)8-10-11(13)5-4-6-12(10)14/h4-6,9H,3,7-8,14H2,1-2H3. The number of hydrogen-bond donors (Lipinski definition) is 1. The smallest absolute Gasteiger partial charge is 0.0517 e. The van der Waals surface area contributed by atoms with Crippen molar-refractivity contribution in [3.05, 3.63) is 28.2 Å². The lowest BCUT2D eigenvalue weighted by Crippen LogP contribution is -2.10.